The third-order valence-electron chi connectivity index (χ3n) is 5.87. The standard InChI is InChI=1S/C29H27FN2O4/c1-19(31-36-18-21-7-5-8-23(15-21)29(33)35-4)27-17-28(22-11-13-24(30)14-12-22)32(20(27)2)25-9-6-10-26(16-25)34-3/h5-17H,18H2,1-4H3/b31-19-. The monoisotopic (exact) mass is 486 g/mol. The van der Waals surface area contributed by atoms with E-state index in [0.29, 0.717) is 11.3 Å². The van der Waals surface area contributed by atoms with Gasteiger partial charge >= 0.3 is 5.97 Å². The van der Waals surface area contributed by atoms with Crippen LogP contribution < -0.4 is 4.74 Å². The van der Waals surface area contributed by atoms with E-state index in [0.717, 1.165) is 39.5 Å². The lowest BCUT2D eigenvalue weighted by atomic mass is 10.1. The minimum atomic E-state index is -0.403. The molecule has 0 saturated heterocycles. The van der Waals surface area contributed by atoms with Crippen LogP contribution in [0.5, 0.6) is 5.75 Å². The van der Waals surface area contributed by atoms with Gasteiger partial charge in [0.1, 0.15) is 18.2 Å². The molecule has 0 N–H and O–H groups in total. The fourth-order valence-electron chi connectivity index (χ4n) is 4.05. The summed E-state index contributed by atoms with van der Waals surface area (Å²) in [5.41, 5.74) is 6.42. The van der Waals surface area contributed by atoms with Gasteiger partial charge in [0.05, 0.1) is 31.2 Å². The number of ether oxygens (including phenoxy) is 2. The van der Waals surface area contributed by atoms with E-state index in [4.69, 9.17) is 14.3 Å². The molecule has 0 spiro atoms. The third kappa shape index (κ3) is 5.30. The third-order valence-corrected chi connectivity index (χ3v) is 5.87. The number of nitrogens with zero attached hydrogens (tertiary/aromatic N) is 2. The Morgan fingerprint density at radius 1 is 0.972 bits per heavy atom. The van der Waals surface area contributed by atoms with Gasteiger partial charge < -0.3 is 18.9 Å². The number of carbonyl (C=O) groups excluding carboxylic acids is 1. The number of halogens is 1. The Morgan fingerprint density at radius 3 is 2.44 bits per heavy atom. The van der Waals surface area contributed by atoms with Gasteiger partial charge in [0.25, 0.3) is 0 Å². The molecule has 0 radical (unpaired) electrons. The lowest BCUT2D eigenvalue weighted by Gasteiger charge is -2.13. The van der Waals surface area contributed by atoms with E-state index in [2.05, 4.69) is 9.72 Å². The van der Waals surface area contributed by atoms with Gasteiger partial charge in [-0.25, -0.2) is 9.18 Å². The molecule has 4 rings (SSSR count). The van der Waals surface area contributed by atoms with E-state index in [9.17, 15) is 9.18 Å². The second-order valence-corrected chi connectivity index (χ2v) is 8.21. The number of esters is 1. The van der Waals surface area contributed by atoms with Gasteiger partial charge in [-0.15, -0.1) is 0 Å². The van der Waals surface area contributed by atoms with Crippen molar-refractivity contribution in [1.29, 1.82) is 0 Å². The highest BCUT2D eigenvalue weighted by Crippen LogP contribution is 2.31. The minimum Gasteiger partial charge on any atom is -0.497 e. The molecule has 0 amide bonds. The van der Waals surface area contributed by atoms with Crippen LogP contribution in [-0.4, -0.2) is 30.5 Å². The zero-order chi connectivity index (χ0) is 25.7. The van der Waals surface area contributed by atoms with Crippen LogP contribution in [0.2, 0.25) is 0 Å². The van der Waals surface area contributed by atoms with Crippen molar-refractivity contribution < 1.29 is 23.5 Å². The van der Waals surface area contributed by atoms with Crippen molar-refractivity contribution in [3.8, 4) is 22.7 Å². The molecule has 6 nitrogen and oxygen atoms in total. The Morgan fingerprint density at radius 2 is 1.72 bits per heavy atom. The fraction of sp³-hybridized carbons (Fsp3) is 0.172. The molecule has 36 heavy (non-hydrogen) atoms. The van der Waals surface area contributed by atoms with Gasteiger partial charge in [-0.2, -0.15) is 0 Å². The summed E-state index contributed by atoms with van der Waals surface area (Å²) >= 11 is 0. The number of hydrogen-bond donors (Lipinski definition) is 0. The van der Waals surface area contributed by atoms with E-state index in [1.54, 1.807) is 37.4 Å². The van der Waals surface area contributed by atoms with Gasteiger partial charge in [0, 0.05) is 23.0 Å². The lowest BCUT2D eigenvalue weighted by Crippen LogP contribution is -2.03. The van der Waals surface area contributed by atoms with Crippen LogP contribution >= 0.6 is 0 Å². The van der Waals surface area contributed by atoms with E-state index >= 15 is 0 Å². The maximum atomic E-state index is 13.6. The number of oxime groups is 1. The van der Waals surface area contributed by atoms with E-state index in [-0.39, 0.29) is 12.4 Å². The van der Waals surface area contributed by atoms with Crippen molar-refractivity contribution in [2.75, 3.05) is 14.2 Å². The van der Waals surface area contributed by atoms with Gasteiger partial charge in [0.15, 0.2) is 0 Å². The molecule has 3 aromatic carbocycles. The van der Waals surface area contributed by atoms with Crippen molar-refractivity contribution in [3.63, 3.8) is 0 Å². The zero-order valence-corrected chi connectivity index (χ0v) is 20.6. The predicted molar refractivity (Wildman–Crippen MR) is 137 cm³/mol. The van der Waals surface area contributed by atoms with E-state index in [1.165, 1.54) is 19.2 Å². The molecule has 4 aromatic rings. The number of rotatable bonds is 8. The van der Waals surface area contributed by atoms with E-state index in [1.807, 2.05) is 50.2 Å². The Balaban J connectivity index is 1.67. The average molecular weight is 487 g/mol. The molecule has 0 aliphatic carbocycles. The number of hydrogen-bond acceptors (Lipinski definition) is 5. The summed E-state index contributed by atoms with van der Waals surface area (Å²) in [6.45, 7) is 4.07. The first-order chi connectivity index (χ1) is 17.4. The predicted octanol–water partition coefficient (Wildman–Crippen LogP) is 6.33. The van der Waals surface area contributed by atoms with Crippen LogP contribution in [0.15, 0.2) is 84.0 Å². The summed E-state index contributed by atoms with van der Waals surface area (Å²) in [7, 11) is 2.97. The highest BCUT2D eigenvalue weighted by molar-refractivity contribution is 6.01. The zero-order valence-electron chi connectivity index (χ0n) is 20.6. The number of carbonyl (C=O) groups is 1. The average Bonchev–Trinajstić information content (AvgIpc) is 3.25. The van der Waals surface area contributed by atoms with Crippen LogP contribution in [0.4, 0.5) is 4.39 Å². The first-order valence-electron chi connectivity index (χ1n) is 11.4. The van der Waals surface area contributed by atoms with Crippen LogP contribution in [-0.2, 0) is 16.2 Å². The molecule has 0 aliphatic rings. The van der Waals surface area contributed by atoms with Crippen molar-refractivity contribution >= 4 is 11.7 Å². The normalized spacial score (nSPS) is 11.3. The van der Waals surface area contributed by atoms with Crippen molar-refractivity contribution in [1.82, 2.24) is 4.57 Å². The molecule has 0 bridgehead atoms. The largest absolute Gasteiger partial charge is 0.497 e. The first kappa shape index (κ1) is 24.7. The second kappa shape index (κ2) is 10.9. The number of benzene rings is 3. The topological polar surface area (TPSA) is 62.0 Å². The molecule has 0 aliphatic heterocycles. The molecule has 0 unspecified atom stereocenters. The maximum absolute atomic E-state index is 13.6. The molecule has 0 atom stereocenters. The van der Waals surface area contributed by atoms with Gasteiger partial charge in [-0.3, -0.25) is 0 Å². The Labute approximate surface area is 209 Å². The summed E-state index contributed by atoms with van der Waals surface area (Å²) in [6.07, 6.45) is 0. The summed E-state index contributed by atoms with van der Waals surface area (Å²) < 4.78 is 25.9. The molecular weight excluding hydrogens is 459 g/mol. The molecule has 1 aromatic heterocycles. The Bertz CT molecular complexity index is 1410. The summed E-state index contributed by atoms with van der Waals surface area (Å²) in [4.78, 5) is 17.4. The molecule has 7 heteroatoms. The Kier molecular flexibility index (Phi) is 7.49. The van der Waals surface area contributed by atoms with Crippen LogP contribution in [0.1, 0.15) is 34.1 Å². The quantitative estimate of drug-likeness (QED) is 0.166. The maximum Gasteiger partial charge on any atom is 0.337 e. The molecular formula is C29H27FN2O4. The van der Waals surface area contributed by atoms with Gasteiger partial charge in [-0.1, -0.05) is 23.4 Å². The number of methoxy groups -OCH3 is 2. The highest BCUT2D eigenvalue weighted by atomic mass is 19.1. The summed E-state index contributed by atoms with van der Waals surface area (Å²) in [5, 5.41) is 4.34. The van der Waals surface area contributed by atoms with Gasteiger partial charge in [0.2, 0.25) is 0 Å². The molecule has 0 saturated carbocycles. The van der Waals surface area contributed by atoms with Crippen LogP contribution in [0.3, 0.4) is 0 Å². The van der Waals surface area contributed by atoms with Crippen LogP contribution in [0.25, 0.3) is 16.9 Å². The number of aromatic nitrogens is 1. The fourth-order valence-corrected chi connectivity index (χ4v) is 4.05. The van der Waals surface area contributed by atoms with Crippen molar-refractivity contribution in [3.05, 3.63) is 107 Å². The van der Waals surface area contributed by atoms with Gasteiger partial charge in [-0.05, 0) is 79.6 Å². The highest BCUT2D eigenvalue weighted by Gasteiger charge is 2.18. The summed E-state index contributed by atoms with van der Waals surface area (Å²) in [6, 6.07) is 23.2. The molecule has 184 valence electrons. The minimum absolute atomic E-state index is 0.197. The van der Waals surface area contributed by atoms with Crippen LogP contribution in [0, 0.1) is 12.7 Å². The summed E-state index contributed by atoms with van der Waals surface area (Å²) in [5.74, 6) is 0.0343. The first-order valence-corrected chi connectivity index (χ1v) is 11.4. The molecule has 0 fully saturated rings. The Hall–Kier alpha value is -4.39. The second-order valence-electron chi connectivity index (χ2n) is 8.21. The molecule has 1 heterocycles. The van der Waals surface area contributed by atoms with Crippen molar-refractivity contribution in [2.24, 2.45) is 5.16 Å². The van der Waals surface area contributed by atoms with Crippen molar-refractivity contribution in [2.45, 2.75) is 20.5 Å². The van der Waals surface area contributed by atoms with E-state index < -0.39 is 5.97 Å². The SMILES string of the molecule is COC(=O)c1cccc(CO/N=C(/C)c2cc(-c3ccc(F)cc3)n(-c3cccc(OC)c3)c2C)c1. The lowest BCUT2D eigenvalue weighted by molar-refractivity contribution is 0.0600. The smallest absolute Gasteiger partial charge is 0.337 e.